The van der Waals surface area contributed by atoms with Crippen molar-refractivity contribution in [3.05, 3.63) is 21.4 Å². The Morgan fingerprint density at radius 3 is 3.21 bits per heavy atom. The first kappa shape index (κ1) is 13.1. The van der Waals surface area contributed by atoms with Crippen LogP contribution in [0.25, 0.3) is 0 Å². The van der Waals surface area contributed by atoms with Gasteiger partial charge in [0.05, 0.1) is 18.1 Å². The van der Waals surface area contributed by atoms with E-state index in [1.165, 1.54) is 16.9 Å². The van der Waals surface area contributed by atoms with Crippen LogP contribution in [-0.2, 0) is 17.8 Å². The quantitative estimate of drug-likeness (QED) is 0.898. The van der Waals surface area contributed by atoms with E-state index >= 15 is 0 Å². The summed E-state index contributed by atoms with van der Waals surface area (Å²) in [5.74, 6) is 0.162. The number of nitrogens with two attached hydrogens (primary N) is 1. The van der Waals surface area contributed by atoms with Crippen LogP contribution in [0.1, 0.15) is 39.4 Å². The van der Waals surface area contributed by atoms with E-state index in [4.69, 9.17) is 10.5 Å². The van der Waals surface area contributed by atoms with Gasteiger partial charge >= 0.3 is 0 Å². The van der Waals surface area contributed by atoms with Crippen molar-refractivity contribution in [3.63, 3.8) is 0 Å². The maximum absolute atomic E-state index is 12.6. The lowest BCUT2D eigenvalue weighted by atomic mass is 10.0. The van der Waals surface area contributed by atoms with Crippen LogP contribution >= 0.6 is 11.3 Å². The number of carbonyl (C=O) groups is 1. The summed E-state index contributed by atoms with van der Waals surface area (Å²) in [6, 6.07) is 2.24. The third-order valence-corrected chi connectivity index (χ3v) is 5.22. The molecule has 1 amide bonds. The zero-order valence-corrected chi connectivity index (χ0v) is 11.9. The summed E-state index contributed by atoms with van der Waals surface area (Å²) < 4.78 is 5.44. The van der Waals surface area contributed by atoms with Gasteiger partial charge in [-0.1, -0.05) is 0 Å². The topological polar surface area (TPSA) is 55.6 Å². The lowest BCUT2D eigenvalue weighted by molar-refractivity contribution is 0.0628. The van der Waals surface area contributed by atoms with Gasteiger partial charge in [-0.25, -0.2) is 0 Å². The Labute approximate surface area is 117 Å². The van der Waals surface area contributed by atoms with Gasteiger partial charge in [-0.2, -0.15) is 0 Å². The van der Waals surface area contributed by atoms with Crippen molar-refractivity contribution in [3.8, 4) is 0 Å². The molecule has 1 fully saturated rings. The third kappa shape index (κ3) is 2.55. The SMILES string of the molecule is NCC1CCCCN1C(=O)c1cc2c(s1)CCOC2. The molecule has 19 heavy (non-hydrogen) atoms. The molecule has 1 aromatic rings. The Bertz CT molecular complexity index is 449. The molecule has 0 radical (unpaired) electrons. The molecule has 3 rings (SSSR count). The molecule has 5 heteroatoms. The molecule has 3 heterocycles. The number of rotatable bonds is 2. The van der Waals surface area contributed by atoms with Gasteiger partial charge in [-0.3, -0.25) is 4.79 Å². The van der Waals surface area contributed by atoms with Crippen molar-refractivity contribution in [2.45, 2.75) is 38.3 Å². The van der Waals surface area contributed by atoms with Gasteiger partial charge in [0.15, 0.2) is 0 Å². The fourth-order valence-electron chi connectivity index (χ4n) is 2.91. The van der Waals surface area contributed by atoms with E-state index in [1.807, 2.05) is 11.0 Å². The van der Waals surface area contributed by atoms with Gasteiger partial charge in [0.1, 0.15) is 0 Å². The Balaban J connectivity index is 1.80. The van der Waals surface area contributed by atoms with Crippen molar-refractivity contribution in [1.29, 1.82) is 0 Å². The molecule has 0 bridgehead atoms. The first-order valence-corrected chi connectivity index (χ1v) is 7.81. The number of hydrogen-bond acceptors (Lipinski definition) is 4. The average molecular weight is 280 g/mol. The van der Waals surface area contributed by atoms with Crippen LogP contribution in [0, 0.1) is 0 Å². The van der Waals surface area contributed by atoms with Gasteiger partial charge in [-0.15, -0.1) is 11.3 Å². The van der Waals surface area contributed by atoms with Crippen LogP contribution in [0.4, 0.5) is 0 Å². The Hall–Kier alpha value is -0.910. The lowest BCUT2D eigenvalue weighted by Gasteiger charge is -2.34. The molecule has 1 aromatic heterocycles. The predicted molar refractivity (Wildman–Crippen MR) is 75.4 cm³/mol. The molecule has 2 aliphatic rings. The second-order valence-corrected chi connectivity index (χ2v) is 6.38. The highest BCUT2D eigenvalue weighted by Crippen LogP contribution is 2.29. The van der Waals surface area contributed by atoms with Gasteiger partial charge in [0.2, 0.25) is 0 Å². The second-order valence-electron chi connectivity index (χ2n) is 5.25. The molecule has 4 nitrogen and oxygen atoms in total. The molecule has 2 N–H and O–H groups in total. The highest BCUT2D eigenvalue weighted by Gasteiger charge is 2.28. The fourth-order valence-corrected chi connectivity index (χ4v) is 4.01. The maximum Gasteiger partial charge on any atom is 0.264 e. The van der Waals surface area contributed by atoms with Gasteiger partial charge in [0, 0.05) is 30.4 Å². The van der Waals surface area contributed by atoms with E-state index in [-0.39, 0.29) is 11.9 Å². The number of hydrogen-bond donors (Lipinski definition) is 1. The minimum absolute atomic E-state index is 0.162. The van der Waals surface area contributed by atoms with E-state index in [0.717, 1.165) is 37.3 Å². The number of likely N-dealkylation sites (tertiary alicyclic amines) is 1. The van der Waals surface area contributed by atoms with Crippen LogP contribution in [0.15, 0.2) is 6.07 Å². The number of fused-ring (bicyclic) bond motifs is 1. The zero-order valence-electron chi connectivity index (χ0n) is 11.1. The first-order chi connectivity index (χ1) is 9.29. The summed E-state index contributed by atoms with van der Waals surface area (Å²) >= 11 is 1.64. The number of thiophene rings is 1. The number of piperidine rings is 1. The summed E-state index contributed by atoms with van der Waals surface area (Å²) in [6.07, 6.45) is 4.25. The number of amides is 1. The molecule has 104 valence electrons. The van der Waals surface area contributed by atoms with Gasteiger partial charge in [-0.05, 0) is 30.9 Å². The molecule has 1 atom stereocenters. The smallest absolute Gasteiger partial charge is 0.264 e. The third-order valence-electron chi connectivity index (χ3n) is 4.00. The number of nitrogens with zero attached hydrogens (tertiary/aromatic N) is 1. The molecule has 2 aliphatic heterocycles. The largest absolute Gasteiger partial charge is 0.376 e. The molecule has 0 saturated carbocycles. The van der Waals surface area contributed by atoms with Crippen molar-refractivity contribution >= 4 is 17.2 Å². The molecule has 0 aliphatic carbocycles. The zero-order chi connectivity index (χ0) is 13.2. The van der Waals surface area contributed by atoms with Crippen molar-refractivity contribution in [1.82, 2.24) is 4.90 Å². The minimum Gasteiger partial charge on any atom is -0.376 e. The van der Waals surface area contributed by atoms with Crippen LogP contribution in [-0.4, -0.2) is 36.5 Å². The van der Waals surface area contributed by atoms with Crippen LogP contribution in [0.2, 0.25) is 0 Å². The van der Waals surface area contributed by atoms with E-state index in [1.54, 1.807) is 11.3 Å². The molecule has 1 unspecified atom stereocenters. The first-order valence-electron chi connectivity index (χ1n) is 7.00. The number of carbonyl (C=O) groups excluding carboxylic acids is 1. The van der Waals surface area contributed by atoms with Crippen molar-refractivity contribution in [2.24, 2.45) is 5.73 Å². The molecule has 0 aromatic carbocycles. The molecular formula is C14H20N2O2S. The summed E-state index contributed by atoms with van der Waals surface area (Å²) in [6.45, 7) is 2.84. The van der Waals surface area contributed by atoms with Crippen LogP contribution < -0.4 is 5.73 Å². The van der Waals surface area contributed by atoms with Gasteiger partial charge in [0.25, 0.3) is 5.91 Å². The van der Waals surface area contributed by atoms with E-state index in [9.17, 15) is 4.79 Å². The van der Waals surface area contributed by atoms with E-state index in [2.05, 4.69) is 0 Å². The lowest BCUT2D eigenvalue weighted by Crippen LogP contribution is -2.47. The van der Waals surface area contributed by atoms with Crippen molar-refractivity contribution in [2.75, 3.05) is 19.7 Å². The fraction of sp³-hybridized carbons (Fsp3) is 0.643. The predicted octanol–water partition coefficient (Wildman–Crippen LogP) is 1.77. The minimum atomic E-state index is 0.162. The summed E-state index contributed by atoms with van der Waals surface area (Å²) in [5.41, 5.74) is 6.99. The molecular weight excluding hydrogens is 260 g/mol. The van der Waals surface area contributed by atoms with Crippen LogP contribution in [0.5, 0.6) is 0 Å². The normalized spacial score (nSPS) is 23.2. The highest BCUT2D eigenvalue weighted by atomic mass is 32.1. The van der Waals surface area contributed by atoms with Gasteiger partial charge < -0.3 is 15.4 Å². The summed E-state index contributed by atoms with van der Waals surface area (Å²) in [5, 5.41) is 0. The molecule has 1 saturated heterocycles. The number of ether oxygens (including phenoxy) is 1. The molecule has 0 spiro atoms. The standard InChI is InChI=1S/C14H20N2O2S/c15-8-11-3-1-2-5-16(11)14(17)13-7-10-9-18-6-4-12(10)19-13/h7,11H,1-6,8-9,15H2. The van der Waals surface area contributed by atoms with E-state index in [0.29, 0.717) is 13.2 Å². The highest BCUT2D eigenvalue weighted by molar-refractivity contribution is 7.14. The summed E-state index contributed by atoms with van der Waals surface area (Å²) in [7, 11) is 0. The monoisotopic (exact) mass is 280 g/mol. The van der Waals surface area contributed by atoms with Crippen molar-refractivity contribution < 1.29 is 9.53 Å². The van der Waals surface area contributed by atoms with E-state index < -0.39 is 0 Å². The second kappa shape index (κ2) is 5.61. The Morgan fingerprint density at radius 2 is 2.42 bits per heavy atom. The van der Waals surface area contributed by atoms with Crippen LogP contribution in [0.3, 0.4) is 0 Å². The Morgan fingerprint density at radius 1 is 1.53 bits per heavy atom. The maximum atomic E-state index is 12.6. The summed E-state index contributed by atoms with van der Waals surface area (Å²) in [4.78, 5) is 16.8. The Kier molecular flexibility index (Phi) is 3.86. The average Bonchev–Trinajstić information content (AvgIpc) is 2.90.